The Balaban J connectivity index is 2.87. The van der Waals surface area contributed by atoms with Gasteiger partial charge in [0, 0.05) is 5.56 Å². The normalized spacial score (nSPS) is 11.8. The fourth-order valence-corrected chi connectivity index (χ4v) is 1.99. The molecular formula is C14H19NO4. The van der Waals surface area contributed by atoms with Crippen LogP contribution in [0.3, 0.4) is 0 Å². The van der Waals surface area contributed by atoms with Crippen LogP contribution in [-0.4, -0.2) is 30.1 Å². The lowest BCUT2D eigenvalue weighted by atomic mass is 10.0. The average molecular weight is 265 g/mol. The summed E-state index contributed by atoms with van der Waals surface area (Å²) in [4.78, 5) is 22.5. The molecule has 0 aliphatic rings. The van der Waals surface area contributed by atoms with E-state index in [9.17, 15) is 9.59 Å². The summed E-state index contributed by atoms with van der Waals surface area (Å²) in [6, 6.07) is 2.95. The minimum absolute atomic E-state index is 0.101. The number of carbonyl (C=O) groups is 2. The molecule has 104 valence electrons. The van der Waals surface area contributed by atoms with Crippen LogP contribution < -0.4 is 10.1 Å². The first-order valence-corrected chi connectivity index (χ1v) is 6.01. The van der Waals surface area contributed by atoms with Crippen LogP contribution in [0.2, 0.25) is 0 Å². The Labute approximate surface area is 112 Å². The zero-order valence-electron chi connectivity index (χ0n) is 11.6. The largest absolute Gasteiger partial charge is 0.496 e. The number of carboxylic acid groups (broad SMARTS) is 1. The highest BCUT2D eigenvalue weighted by Gasteiger charge is 2.16. The maximum absolute atomic E-state index is 11.8. The number of rotatable bonds is 5. The van der Waals surface area contributed by atoms with Gasteiger partial charge in [-0.15, -0.1) is 0 Å². The van der Waals surface area contributed by atoms with Crippen molar-refractivity contribution in [2.75, 3.05) is 7.11 Å². The minimum atomic E-state index is -1.05. The lowest BCUT2D eigenvalue weighted by molar-refractivity contribution is -0.141. The molecule has 1 rings (SSSR count). The zero-order chi connectivity index (χ0) is 14.6. The van der Waals surface area contributed by atoms with Crippen molar-refractivity contribution in [3.8, 4) is 5.75 Å². The molecule has 19 heavy (non-hydrogen) atoms. The molecule has 0 aromatic heterocycles. The fourth-order valence-electron chi connectivity index (χ4n) is 1.99. The molecule has 5 nitrogen and oxygen atoms in total. The van der Waals surface area contributed by atoms with E-state index < -0.39 is 12.0 Å². The minimum Gasteiger partial charge on any atom is -0.496 e. The Morgan fingerprint density at radius 1 is 1.37 bits per heavy atom. The summed E-state index contributed by atoms with van der Waals surface area (Å²) in [5.74, 6) is -0.720. The number of aliphatic carboxylic acids is 1. The summed E-state index contributed by atoms with van der Waals surface area (Å²) in [6.45, 7) is 5.28. The molecule has 1 atom stereocenters. The summed E-state index contributed by atoms with van der Waals surface area (Å²) < 4.78 is 5.29. The molecule has 5 heteroatoms. The molecule has 0 saturated heterocycles. The van der Waals surface area contributed by atoms with Crippen LogP contribution in [0, 0.1) is 13.8 Å². The molecule has 0 radical (unpaired) electrons. The van der Waals surface area contributed by atoms with E-state index in [1.165, 1.54) is 6.92 Å². The van der Waals surface area contributed by atoms with Gasteiger partial charge in [0.25, 0.3) is 0 Å². The van der Waals surface area contributed by atoms with Gasteiger partial charge in [-0.25, -0.2) is 0 Å². The lowest BCUT2D eigenvalue weighted by Crippen LogP contribution is -2.39. The molecule has 0 spiro atoms. The maximum Gasteiger partial charge on any atom is 0.325 e. The topological polar surface area (TPSA) is 75.6 Å². The molecule has 1 aromatic rings. The van der Waals surface area contributed by atoms with E-state index in [2.05, 4.69) is 5.32 Å². The van der Waals surface area contributed by atoms with E-state index >= 15 is 0 Å². The predicted octanol–water partition coefficient (Wildman–Crippen LogP) is 1.44. The van der Waals surface area contributed by atoms with Crippen molar-refractivity contribution in [2.45, 2.75) is 33.2 Å². The summed E-state index contributed by atoms with van der Waals surface area (Å²) in [5, 5.41) is 11.2. The van der Waals surface area contributed by atoms with Gasteiger partial charge in [-0.2, -0.15) is 0 Å². The highest BCUT2D eigenvalue weighted by Crippen LogP contribution is 2.25. The quantitative estimate of drug-likeness (QED) is 0.844. The molecule has 0 aliphatic heterocycles. The number of benzene rings is 1. The Morgan fingerprint density at radius 3 is 2.53 bits per heavy atom. The molecule has 0 fully saturated rings. The lowest BCUT2D eigenvalue weighted by Gasteiger charge is -2.14. The fraction of sp³-hybridized carbons (Fsp3) is 0.429. The number of aryl methyl sites for hydroxylation is 2. The number of hydrogen-bond acceptors (Lipinski definition) is 3. The van der Waals surface area contributed by atoms with Crippen LogP contribution in [0.1, 0.15) is 23.6 Å². The zero-order valence-corrected chi connectivity index (χ0v) is 11.6. The second kappa shape index (κ2) is 6.22. The summed E-state index contributed by atoms with van der Waals surface area (Å²) in [7, 11) is 1.55. The Hall–Kier alpha value is -2.04. The van der Waals surface area contributed by atoms with Crippen molar-refractivity contribution < 1.29 is 19.4 Å². The van der Waals surface area contributed by atoms with E-state index in [4.69, 9.17) is 9.84 Å². The molecule has 0 saturated carbocycles. The molecule has 2 N–H and O–H groups in total. The first-order chi connectivity index (χ1) is 8.85. The number of nitrogens with one attached hydrogen (secondary N) is 1. The number of carbonyl (C=O) groups excluding carboxylic acids is 1. The molecule has 1 amide bonds. The first-order valence-electron chi connectivity index (χ1n) is 6.01. The number of carboxylic acids is 1. The number of amides is 1. The Kier molecular flexibility index (Phi) is 4.92. The van der Waals surface area contributed by atoms with E-state index in [1.807, 2.05) is 26.0 Å². The Bertz CT molecular complexity index is 496. The molecular weight excluding hydrogens is 246 g/mol. The van der Waals surface area contributed by atoms with Gasteiger partial charge in [0.2, 0.25) is 5.91 Å². The molecule has 0 aliphatic carbocycles. The summed E-state index contributed by atoms with van der Waals surface area (Å²) in [5.41, 5.74) is 2.75. The predicted molar refractivity (Wildman–Crippen MR) is 71.4 cm³/mol. The van der Waals surface area contributed by atoms with E-state index in [0.29, 0.717) is 5.75 Å². The van der Waals surface area contributed by atoms with E-state index in [1.54, 1.807) is 7.11 Å². The van der Waals surface area contributed by atoms with E-state index in [-0.39, 0.29) is 12.3 Å². The third-order valence-corrected chi connectivity index (χ3v) is 2.80. The second-order valence-electron chi connectivity index (χ2n) is 4.58. The smallest absolute Gasteiger partial charge is 0.325 e. The molecule has 0 heterocycles. The van der Waals surface area contributed by atoms with Crippen LogP contribution in [0.4, 0.5) is 0 Å². The van der Waals surface area contributed by atoms with Gasteiger partial charge in [0.1, 0.15) is 11.8 Å². The highest BCUT2D eigenvalue weighted by atomic mass is 16.5. The van der Waals surface area contributed by atoms with Crippen molar-refractivity contribution in [3.05, 3.63) is 28.8 Å². The number of methoxy groups -OCH3 is 1. The van der Waals surface area contributed by atoms with Crippen molar-refractivity contribution in [1.82, 2.24) is 5.32 Å². The van der Waals surface area contributed by atoms with E-state index in [0.717, 1.165) is 16.7 Å². The van der Waals surface area contributed by atoms with Crippen LogP contribution in [0.25, 0.3) is 0 Å². The van der Waals surface area contributed by atoms with Gasteiger partial charge in [-0.1, -0.05) is 17.7 Å². The monoisotopic (exact) mass is 265 g/mol. The van der Waals surface area contributed by atoms with Gasteiger partial charge in [-0.05, 0) is 26.3 Å². The van der Waals surface area contributed by atoms with Crippen LogP contribution in [-0.2, 0) is 16.0 Å². The third-order valence-electron chi connectivity index (χ3n) is 2.80. The van der Waals surface area contributed by atoms with Crippen molar-refractivity contribution in [2.24, 2.45) is 0 Å². The summed E-state index contributed by atoms with van der Waals surface area (Å²) >= 11 is 0. The van der Waals surface area contributed by atoms with Gasteiger partial charge in [0.15, 0.2) is 0 Å². The molecule has 1 aromatic carbocycles. The van der Waals surface area contributed by atoms with Crippen molar-refractivity contribution >= 4 is 11.9 Å². The molecule has 1 unspecified atom stereocenters. The standard InChI is InChI=1S/C14H19NO4/c1-8-5-9(2)13(19-4)11(6-8)7-12(16)15-10(3)14(17)18/h5-6,10H,7H2,1-4H3,(H,15,16)(H,17,18). The maximum atomic E-state index is 11.8. The first kappa shape index (κ1) is 15.0. The Morgan fingerprint density at radius 2 is 2.00 bits per heavy atom. The average Bonchev–Trinajstić information content (AvgIpc) is 2.27. The van der Waals surface area contributed by atoms with Crippen LogP contribution in [0.15, 0.2) is 12.1 Å². The van der Waals surface area contributed by atoms with Crippen molar-refractivity contribution in [3.63, 3.8) is 0 Å². The van der Waals surface area contributed by atoms with Gasteiger partial charge < -0.3 is 15.2 Å². The number of hydrogen-bond donors (Lipinski definition) is 2. The highest BCUT2D eigenvalue weighted by molar-refractivity contribution is 5.85. The van der Waals surface area contributed by atoms with Gasteiger partial charge >= 0.3 is 5.97 Å². The number of ether oxygens (including phenoxy) is 1. The van der Waals surface area contributed by atoms with Crippen molar-refractivity contribution in [1.29, 1.82) is 0 Å². The second-order valence-corrected chi connectivity index (χ2v) is 4.58. The van der Waals surface area contributed by atoms with Gasteiger partial charge in [-0.3, -0.25) is 9.59 Å². The van der Waals surface area contributed by atoms with Crippen LogP contribution >= 0.6 is 0 Å². The van der Waals surface area contributed by atoms with Gasteiger partial charge in [0.05, 0.1) is 13.5 Å². The van der Waals surface area contributed by atoms with Crippen LogP contribution in [0.5, 0.6) is 5.75 Å². The SMILES string of the molecule is COc1c(C)cc(C)cc1CC(=O)NC(C)C(=O)O. The third kappa shape index (κ3) is 3.98. The summed E-state index contributed by atoms with van der Waals surface area (Å²) in [6.07, 6.45) is 0.101. The molecule has 0 bridgehead atoms.